The van der Waals surface area contributed by atoms with E-state index in [9.17, 15) is 13.2 Å². The maximum absolute atomic E-state index is 12.8. The first-order chi connectivity index (χ1) is 13.6. The molecule has 2 fully saturated rings. The van der Waals surface area contributed by atoms with Gasteiger partial charge in [-0.1, -0.05) is 0 Å². The summed E-state index contributed by atoms with van der Waals surface area (Å²) in [7, 11) is -3.48. The maximum atomic E-state index is 12.8. The van der Waals surface area contributed by atoms with Gasteiger partial charge in [-0.15, -0.1) is 0 Å². The smallest absolute Gasteiger partial charge is 0.410 e. The molecule has 2 N–H and O–H groups in total. The van der Waals surface area contributed by atoms with E-state index in [-0.39, 0.29) is 11.0 Å². The van der Waals surface area contributed by atoms with Crippen LogP contribution in [0, 0.1) is 0 Å². The Morgan fingerprint density at radius 2 is 1.55 bits per heavy atom. The third-order valence-electron chi connectivity index (χ3n) is 5.42. The van der Waals surface area contributed by atoms with Crippen LogP contribution in [0.15, 0.2) is 29.2 Å². The van der Waals surface area contributed by atoms with Gasteiger partial charge < -0.3 is 15.4 Å². The molecule has 29 heavy (non-hydrogen) atoms. The molecule has 2 aliphatic heterocycles. The molecule has 0 aromatic heterocycles. The topological polar surface area (TPSA) is 96.2 Å². The van der Waals surface area contributed by atoms with Gasteiger partial charge in [-0.3, -0.25) is 4.90 Å². The summed E-state index contributed by atoms with van der Waals surface area (Å²) in [6.45, 7) is 9.46. The SMILES string of the molecule is CC(C)(C)OC(=O)N1CCN(C2CCN(S(=O)(=O)c3ccc(N)cc3)CC2)CC1. The van der Waals surface area contributed by atoms with Crippen molar-refractivity contribution in [2.45, 2.75) is 50.2 Å². The maximum Gasteiger partial charge on any atom is 0.410 e. The van der Waals surface area contributed by atoms with Crippen LogP contribution in [0.4, 0.5) is 10.5 Å². The Kier molecular flexibility index (Phi) is 6.40. The minimum absolute atomic E-state index is 0.262. The Balaban J connectivity index is 1.50. The fraction of sp³-hybridized carbons (Fsp3) is 0.650. The van der Waals surface area contributed by atoms with Crippen molar-refractivity contribution in [2.24, 2.45) is 0 Å². The largest absolute Gasteiger partial charge is 0.444 e. The average Bonchev–Trinajstić information content (AvgIpc) is 2.67. The number of nitrogens with zero attached hydrogens (tertiary/aromatic N) is 3. The normalized spacial score (nSPS) is 20.6. The number of hydrogen-bond donors (Lipinski definition) is 1. The summed E-state index contributed by atoms with van der Waals surface area (Å²) >= 11 is 0. The van der Waals surface area contributed by atoms with Crippen LogP contribution >= 0.6 is 0 Å². The van der Waals surface area contributed by atoms with Crippen LogP contribution in [0.1, 0.15) is 33.6 Å². The molecule has 0 saturated carbocycles. The van der Waals surface area contributed by atoms with Gasteiger partial charge in [0.1, 0.15) is 5.60 Å². The number of carbonyl (C=O) groups excluding carboxylic acids is 1. The number of piperazine rings is 1. The average molecular weight is 425 g/mol. The molecule has 0 aliphatic carbocycles. The summed E-state index contributed by atoms with van der Waals surface area (Å²) in [5, 5.41) is 0. The summed E-state index contributed by atoms with van der Waals surface area (Å²) < 4.78 is 32.7. The van der Waals surface area contributed by atoms with Crippen molar-refractivity contribution in [1.29, 1.82) is 0 Å². The van der Waals surface area contributed by atoms with Gasteiger partial charge in [0.2, 0.25) is 10.0 Å². The van der Waals surface area contributed by atoms with Crippen LogP contribution in [-0.4, -0.2) is 79.5 Å². The van der Waals surface area contributed by atoms with E-state index in [4.69, 9.17) is 10.5 Å². The number of benzene rings is 1. The number of anilines is 1. The quantitative estimate of drug-likeness (QED) is 0.746. The highest BCUT2D eigenvalue weighted by Gasteiger charge is 2.34. The molecule has 1 aromatic rings. The monoisotopic (exact) mass is 424 g/mol. The number of piperidine rings is 1. The third-order valence-corrected chi connectivity index (χ3v) is 7.34. The minimum Gasteiger partial charge on any atom is -0.444 e. The first-order valence-corrected chi connectivity index (χ1v) is 11.6. The second-order valence-electron chi connectivity index (χ2n) is 8.71. The van der Waals surface area contributed by atoms with E-state index in [0.717, 1.165) is 25.9 Å². The minimum atomic E-state index is -3.48. The van der Waals surface area contributed by atoms with Gasteiger partial charge >= 0.3 is 6.09 Å². The summed E-state index contributed by atoms with van der Waals surface area (Å²) in [5.41, 5.74) is 5.72. The number of carbonyl (C=O) groups is 1. The number of ether oxygens (including phenoxy) is 1. The zero-order valence-corrected chi connectivity index (χ0v) is 18.3. The number of amides is 1. The molecule has 1 aromatic carbocycles. The predicted molar refractivity (Wildman–Crippen MR) is 112 cm³/mol. The Morgan fingerprint density at radius 1 is 1.00 bits per heavy atom. The Morgan fingerprint density at radius 3 is 2.07 bits per heavy atom. The van der Waals surface area contributed by atoms with Crippen LogP contribution in [0.5, 0.6) is 0 Å². The number of rotatable bonds is 3. The molecule has 2 heterocycles. The molecule has 2 saturated heterocycles. The lowest BCUT2D eigenvalue weighted by atomic mass is 10.0. The third kappa shape index (κ3) is 5.40. The molecular formula is C20H32N4O4S. The fourth-order valence-corrected chi connectivity index (χ4v) is 5.30. The van der Waals surface area contributed by atoms with Gasteiger partial charge in [0.05, 0.1) is 4.90 Å². The number of sulfonamides is 1. The van der Waals surface area contributed by atoms with Crippen LogP contribution in [0.25, 0.3) is 0 Å². The highest BCUT2D eigenvalue weighted by atomic mass is 32.2. The standard InChI is InChI=1S/C20H32N4O4S/c1-20(2,3)28-19(25)23-14-12-22(13-15-23)17-8-10-24(11-9-17)29(26,27)18-6-4-16(21)5-7-18/h4-7,17H,8-15,21H2,1-3H3. The molecule has 1 amide bonds. The summed E-state index contributed by atoms with van der Waals surface area (Å²) in [5.74, 6) is 0. The molecule has 2 aliphatic rings. The molecule has 9 heteroatoms. The van der Waals surface area contributed by atoms with Gasteiger partial charge in [-0.2, -0.15) is 4.31 Å². The summed E-state index contributed by atoms with van der Waals surface area (Å²) in [4.78, 5) is 16.6. The van der Waals surface area contributed by atoms with Crippen molar-refractivity contribution in [3.8, 4) is 0 Å². The highest BCUT2D eigenvalue weighted by molar-refractivity contribution is 7.89. The van der Waals surface area contributed by atoms with Crippen molar-refractivity contribution >= 4 is 21.8 Å². The van der Waals surface area contributed by atoms with Crippen molar-refractivity contribution < 1.29 is 17.9 Å². The second-order valence-corrected chi connectivity index (χ2v) is 10.6. The highest BCUT2D eigenvalue weighted by Crippen LogP contribution is 2.24. The van der Waals surface area contributed by atoms with Gasteiger partial charge in [-0.25, -0.2) is 13.2 Å². The first kappa shape index (κ1) is 21.9. The van der Waals surface area contributed by atoms with Gasteiger partial charge in [0.15, 0.2) is 0 Å². The first-order valence-electron chi connectivity index (χ1n) is 10.1. The van der Waals surface area contributed by atoms with E-state index in [2.05, 4.69) is 4.90 Å². The van der Waals surface area contributed by atoms with Crippen LogP contribution in [-0.2, 0) is 14.8 Å². The molecule has 162 valence electrons. The number of nitrogens with two attached hydrogens (primary N) is 1. The van der Waals surface area contributed by atoms with Crippen molar-refractivity contribution in [1.82, 2.24) is 14.1 Å². The molecule has 0 bridgehead atoms. The molecular weight excluding hydrogens is 392 g/mol. The van der Waals surface area contributed by atoms with Crippen LogP contribution in [0.3, 0.4) is 0 Å². The van der Waals surface area contributed by atoms with E-state index in [1.807, 2.05) is 20.8 Å². The Hall–Kier alpha value is -1.84. The molecule has 0 atom stereocenters. The summed E-state index contributed by atoms with van der Waals surface area (Å²) in [6.07, 6.45) is 1.32. The molecule has 0 unspecified atom stereocenters. The Labute approximate surface area is 173 Å². The van der Waals surface area contributed by atoms with Crippen molar-refractivity contribution in [3.05, 3.63) is 24.3 Å². The lowest BCUT2D eigenvalue weighted by Crippen LogP contribution is -2.55. The Bertz CT molecular complexity index is 804. The fourth-order valence-electron chi connectivity index (χ4n) is 3.83. The van der Waals surface area contributed by atoms with E-state index in [1.165, 1.54) is 0 Å². The van der Waals surface area contributed by atoms with Gasteiger partial charge in [0.25, 0.3) is 0 Å². The van der Waals surface area contributed by atoms with Gasteiger partial charge in [-0.05, 0) is 57.9 Å². The number of nitrogen functional groups attached to an aromatic ring is 1. The van der Waals surface area contributed by atoms with E-state index in [1.54, 1.807) is 33.5 Å². The van der Waals surface area contributed by atoms with E-state index in [0.29, 0.717) is 37.9 Å². The van der Waals surface area contributed by atoms with Crippen molar-refractivity contribution in [3.63, 3.8) is 0 Å². The zero-order chi connectivity index (χ0) is 21.2. The zero-order valence-electron chi connectivity index (χ0n) is 17.5. The number of hydrogen-bond acceptors (Lipinski definition) is 6. The molecule has 8 nitrogen and oxygen atoms in total. The molecule has 3 rings (SSSR count). The second kappa shape index (κ2) is 8.49. The molecule has 0 radical (unpaired) electrons. The van der Waals surface area contributed by atoms with E-state index >= 15 is 0 Å². The molecule has 0 spiro atoms. The van der Waals surface area contributed by atoms with Crippen LogP contribution < -0.4 is 5.73 Å². The van der Waals surface area contributed by atoms with Crippen LogP contribution in [0.2, 0.25) is 0 Å². The summed E-state index contributed by atoms with van der Waals surface area (Å²) in [6, 6.07) is 6.70. The van der Waals surface area contributed by atoms with Crippen molar-refractivity contribution in [2.75, 3.05) is 45.0 Å². The van der Waals surface area contributed by atoms with Gasteiger partial charge in [0, 0.05) is 51.0 Å². The predicted octanol–water partition coefficient (Wildman–Crippen LogP) is 1.97. The lowest BCUT2D eigenvalue weighted by Gasteiger charge is -2.42. The lowest BCUT2D eigenvalue weighted by molar-refractivity contribution is 0.00747. The van der Waals surface area contributed by atoms with E-state index < -0.39 is 15.6 Å².